The van der Waals surface area contributed by atoms with Crippen molar-refractivity contribution < 1.29 is 17.6 Å². The van der Waals surface area contributed by atoms with Crippen molar-refractivity contribution in [2.24, 2.45) is 0 Å². The highest BCUT2D eigenvalue weighted by molar-refractivity contribution is 9.10. The molecule has 0 fully saturated rings. The van der Waals surface area contributed by atoms with Gasteiger partial charge in [0.05, 0.1) is 5.56 Å². The molecular weight excluding hydrogens is 374 g/mol. The Morgan fingerprint density at radius 2 is 1.76 bits per heavy atom. The van der Waals surface area contributed by atoms with Crippen LogP contribution in [0.2, 0.25) is 5.02 Å². The van der Waals surface area contributed by atoms with Crippen LogP contribution in [0.5, 0.6) is 0 Å². The van der Waals surface area contributed by atoms with Crippen molar-refractivity contribution in [3.05, 3.63) is 62.8 Å². The maximum atomic E-state index is 13.2. The van der Waals surface area contributed by atoms with Gasteiger partial charge in [-0.25, -0.2) is 4.39 Å². The van der Waals surface area contributed by atoms with E-state index in [9.17, 15) is 17.6 Å². The summed E-state index contributed by atoms with van der Waals surface area (Å²) in [5, 5.41) is 2.78. The van der Waals surface area contributed by atoms with Gasteiger partial charge >= 0.3 is 6.18 Å². The van der Waals surface area contributed by atoms with Gasteiger partial charge in [-0.1, -0.05) is 27.5 Å². The maximum absolute atomic E-state index is 13.2. The predicted octanol–water partition coefficient (Wildman–Crippen LogP) is 5.87. The molecule has 0 saturated heterocycles. The lowest BCUT2D eigenvalue weighted by Crippen LogP contribution is -2.07. The fourth-order valence-corrected chi connectivity index (χ4v) is 2.52. The molecule has 1 N–H and O–H groups in total. The molecule has 0 aliphatic carbocycles. The maximum Gasteiger partial charge on any atom is 0.416 e. The highest BCUT2D eigenvalue weighted by atomic mass is 79.9. The molecule has 0 amide bonds. The topological polar surface area (TPSA) is 12.0 Å². The third-order valence-electron chi connectivity index (χ3n) is 2.64. The number of hydrogen-bond donors (Lipinski definition) is 1. The minimum absolute atomic E-state index is 0.0206. The van der Waals surface area contributed by atoms with Crippen LogP contribution in [0.1, 0.15) is 11.1 Å². The first-order valence-electron chi connectivity index (χ1n) is 5.81. The first kappa shape index (κ1) is 16.1. The highest BCUT2D eigenvalue weighted by Crippen LogP contribution is 2.33. The Morgan fingerprint density at radius 3 is 2.38 bits per heavy atom. The van der Waals surface area contributed by atoms with Crippen molar-refractivity contribution in [3.8, 4) is 0 Å². The molecule has 2 aromatic rings. The second-order valence-corrected chi connectivity index (χ2v) is 5.71. The minimum Gasteiger partial charge on any atom is -0.381 e. The monoisotopic (exact) mass is 381 g/mol. The Kier molecular flexibility index (Phi) is 4.78. The lowest BCUT2D eigenvalue weighted by Gasteiger charge is -2.12. The Bertz CT molecular complexity index is 638. The molecule has 1 nitrogen and oxygen atoms in total. The number of rotatable bonds is 3. The van der Waals surface area contributed by atoms with E-state index in [4.69, 9.17) is 11.6 Å². The SMILES string of the molecule is Fc1cc(Br)cc(CNc2cc(Cl)cc(C(F)(F)F)c2)c1. The smallest absolute Gasteiger partial charge is 0.381 e. The van der Waals surface area contributed by atoms with Gasteiger partial charge in [-0.2, -0.15) is 13.2 Å². The van der Waals surface area contributed by atoms with Crippen LogP contribution in [0.15, 0.2) is 40.9 Å². The molecule has 112 valence electrons. The van der Waals surface area contributed by atoms with Crippen molar-refractivity contribution >= 4 is 33.2 Å². The second-order valence-electron chi connectivity index (χ2n) is 4.36. The Hall–Kier alpha value is -1.27. The third kappa shape index (κ3) is 4.61. The van der Waals surface area contributed by atoms with E-state index in [1.54, 1.807) is 6.07 Å². The second kappa shape index (κ2) is 6.23. The summed E-state index contributed by atoms with van der Waals surface area (Å²) in [4.78, 5) is 0. The molecule has 0 aromatic heterocycles. The molecule has 0 radical (unpaired) electrons. The molecule has 0 atom stereocenters. The number of anilines is 1. The average Bonchev–Trinajstić information content (AvgIpc) is 2.33. The standard InChI is InChI=1S/C14H9BrClF4N/c15-10-1-8(2-12(17)5-10)7-21-13-4-9(14(18,19)20)3-11(16)6-13/h1-6,21H,7H2. The number of halogens is 6. The van der Waals surface area contributed by atoms with Crippen LogP contribution >= 0.6 is 27.5 Å². The van der Waals surface area contributed by atoms with Gasteiger partial charge in [0.25, 0.3) is 0 Å². The fourth-order valence-electron chi connectivity index (χ4n) is 1.77. The zero-order valence-electron chi connectivity index (χ0n) is 10.4. The predicted molar refractivity (Wildman–Crippen MR) is 77.9 cm³/mol. The quantitative estimate of drug-likeness (QED) is 0.654. The van der Waals surface area contributed by atoms with Crippen LogP contribution in [-0.4, -0.2) is 0 Å². The normalized spacial score (nSPS) is 11.5. The Labute approximate surface area is 132 Å². The zero-order valence-corrected chi connectivity index (χ0v) is 12.8. The van der Waals surface area contributed by atoms with Crippen molar-refractivity contribution in [1.82, 2.24) is 0 Å². The van der Waals surface area contributed by atoms with E-state index in [-0.39, 0.29) is 17.3 Å². The lowest BCUT2D eigenvalue weighted by molar-refractivity contribution is -0.137. The first-order valence-corrected chi connectivity index (χ1v) is 6.98. The molecule has 21 heavy (non-hydrogen) atoms. The third-order valence-corrected chi connectivity index (χ3v) is 3.32. The molecule has 7 heteroatoms. The van der Waals surface area contributed by atoms with Crippen molar-refractivity contribution in [2.45, 2.75) is 12.7 Å². The number of alkyl halides is 3. The summed E-state index contributed by atoms with van der Waals surface area (Å²) in [6, 6.07) is 7.46. The van der Waals surface area contributed by atoms with Crippen molar-refractivity contribution in [3.63, 3.8) is 0 Å². The van der Waals surface area contributed by atoms with Crippen molar-refractivity contribution in [2.75, 3.05) is 5.32 Å². The summed E-state index contributed by atoms with van der Waals surface area (Å²) in [5.41, 5.74) is -0.0245. The van der Waals surface area contributed by atoms with Gasteiger partial charge in [0, 0.05) is 21.7 Å². The van der Waals surface area contributed by atoms with E-state index in [2.05, 4.69) is 21.2 Å². The largest absolute Gasteiger partial charge is 0.416 e. The van der Waals surface area contributed by atoms with Gasteiger partial charge in [-0.3, -0.25) is 0 Å². The van der Waals surface area contributed by atoms with Gasteiger partial charge in [-0.05, 0) is 42.0 Å². The summed E-state index contributed by atoms with van der Waals surface area (Å²) in [6.07, 6.45) is -4.47. The van der Waals surface area contributed by atoms with Crippen LogP contribution in [0.3, 0.4) is 0 Å². The van der Waals surface area contributed by atoms with Crippen LogP contribution in [0.25, 0.3) is 0 Å². The number of benzene rings is 2. The molecule has 2 aromatic carbocycles. The van der Waals surface area contributed by atoms with E-state index in [1.165, 1.54) is 18.2 Å². The van der Waals surface area contributed by atoms with Crippen LogP contribution in [0, 0.1) is 5.82 Å². The van der Waals surface area contributed by atoms with Crippen molar-refractivity contribution in [1.29, 1.82) is 0 Å². The molecule has 0 saturated carbocycles. The van der Waals surface area contributed by atoms with E-state index < -0.39 is 17.6 Å². The average molecular weight is 383 g/mol. The van der Waals surface area contributed by atoms with Crippen LogP contribution < -0.4 is 5.32 Å². The molecule has 0 bridgehead atoms. The molecule has 0 heterocycles. The molecule has 0 unspecified atom stereocenters. The molecule has 0 aliphatic heterocycles. The van der Waals surface area contributed by atoms with Gasteiger partial charge in [0.1, 0.15) is 5.82 Å². The van der Waals surface area contributed by atoms with E-state index in [0.29, 0.717) is 10.0 Å². The van der Waals surface area contributed by atoms with E-state index in [0.717, 1.165) is 12.1 Å². The summed E-state index contributed by atoms with van der Waals surface area (Å²) in [7, 11) is 0. The van der Waals surface area contributed by atoms with Gasteiger partial charge in [0.2, 0.25) is 0 Å². The van der Waals surface area contributed by atoms with E-state index in [1.807, 2.05) is 0 Å². The molecule has 0 spiro atoms. The molecule has 2 rings (SSSR count). The summed E-state index contributed by atoms with van der Waals surface area (Å²) >= 11 is 8.83. The number of hydrogen-bond acceptors (Lipinski definition) is 1. The van der Waals surface area contributed by atoms with Crippen LogP contribution in [0.4, 0.5) is 23.2 Å². The van der Waals surface area contributed by atoms with Crippen LogP contribution in [-0.2, 0) is 12.7 Å². The number of nitrogens with one attached hydrogen (secondary N) is 1. The molecular formula is C14H9BrClF4N. The Morgan fingerprint density at radius 1 is 1.05 bits per heavy atom. The lowest BCUT2D eigenvalue weighted by atomic mass is 10.1. The molecule has 0 aliphatic rings. The highest BCUT2D eigenvalue weighted by Gasteiger charge is 2.31. The van der Waals surface area contributed by atoms with Gasteiger partial charge in [-0.15, -0.1) is 0 Å². The first-order chi connectivity index (χ1) is 9.74. The van der Waals surface area contributed by atoms with Gasteiger partial charge < -0.3 is 5.32 Å². The van der Waals surface area contributed by atoms with Gasteiger partial charge in [0.15, 0.2) is 0 Å². The minimum atomic E-state index is -4.47. The summed E-state index contributed by atoms with van der Waals surface area (Å²) < 4.78 is 51.8. The summed E-state index contributed by atoms with van der Waals surface area (Å²) in [5.74, 6) is -0.428. The Balaban J connectivity index is 2.18. The summed E-state index contributed by atoms with van der Waals surface area (Å²) in [6.45, 7) is 0.175. The fraction of sp³-hybridized carbons (Fsp3) is 0.143. The zero-order chi connectivity index (χ0) is 15.6. The van der Waals surface area contributed by atoms with E-state index >= 15 is 0 Å².